The van der Waals surface area contributed by atoms with Crippen LogP contribution in [-0.4, -0.2) is 25.5 Å². The zero-order valence-corrected chi connectivity index (χ0v) is 17.3. The summed E-state index contributed by atoms with van der Waals surface area (Å²) in [5.74, 6) is -0.616. The van der Waals surface area contributed by atoms with E-state index in [-0.39, 0.29) is 12.2 Å². The van der Waals surface area contributed by atoms with Crippen LogP contribution in [0, 0.1) is 20.8 Å². The molecule has 0 saturated heterocycles. The average Bonchev–Trinajstić information content (AvgIpc) is 3.16. The van der Waals surface area contributed by atoms with Gasteiger partial charge in [-0.1, -0.05) is 12.1 Å². The Morgan fingerprint density at radius 3 is 2.25 bits per heavy atom. The predicted molar refractivity (Wildman–Crippen MR) is 103 cm³/mol. The third-order valence-corrected chi connectivity index (χ3v) is 4.80. The van der Waals surface area contributed by atoms with Crippen molar-refractivity contribution in [2.75, 3.05) is 5.32 Å². The maximum absolute atomic E-state index is 12.9. The van der Waals surface area contributed by atoms with E-state index in [1.54, 1.807) is 13.8 Å². The molecule has 0 bridgehead atoms. The highest BCUT2D eigenvalue weighted by atomic mass is 19.4. The quantitative estimate of drug-likeness (QED) is 0.561. The average molecular weight is 459 g/mol. The van der Waals surface area contributed by atoms with Crippen LogP contribution in [0.15, 0.2) is 30.3 Å². The molecule has 3 aromatic rings. The SMILES string of the molecule is Cc1nn(Cc2cccc(C(F)(F)F)c2)c(C)c1NC(=O)Cn1nc(C(F)(F)F)cc1C. The van der Waals surface area contributed by atoms with E-state index in [4.69, 9.17) is 0 Å². The Hall–Kier alpha value is -3.31. The first-order valence-electron chi connectivity index (χ1n) is 9.37. The van der Waals surface area contributed by atoms with Crippen molar-refractivity contribution in [3.63, 3.8) is 0 Å². The summed E-state index contributed by atoms with van der Waals surface area (Å²) in [4.78, 5) is 12.4. The molecule has 0 aliphatic heterocycles. The summed E-state index contributed by atoms with van der Waals surface area (Å²) in [5.41, 5.74) is -0.0986. The highest BCUT2D eigenvalue weighted by Crippen LogP contribution is 2.30. The first kappa shape index (κ1) is 23.4. The molecule has 0 radical (unpaired) electrons. The minimum absolute atomic E-state index is 0.0413. The molecule has 32 heavy (non-hydrogen) atoms. The minimum Gasteiger partial charge on any atom is -0.321 e. The van der Waals surface area contributed by atoms with Crippen LogP contribution < -0.4 is 5.32 Å². The molecule has 3 rings (SSSR count). The van der Waals surface area contributed by atoms with Gasteiger partial charge in [-0.15, -0.1) is 0 Å². The van der Waals surface area contributed by atoms with E-state index < -0.39 is 36.1 Å². The van der Waals surface area contributed by atoms with Gasteiger partial charge in [-0.25, -0.2) is 0 Å². The molecule has 0 aliphatic rings. The number of rotatable bonds is 5. The van der Waals surface area contributed by atoms with Crippen molar-refractivity contribution in [3.8, 4) is 0 Å². The van der Waals surface area contributed by atoms with Crippen molar-refractivity contribution < 1.29 is 31.1 Å². The molecule has 12 heteroatoms. The molecule has 2 aromatic heterocycles. The van der Waals surface area contributed by atoms with E-state index in [1.165, 1.54) is 23.7 Å². The van der Waals surface area contributed by atoms with Gasteiger partial charge < -0.3 is 5.32 Å². The Bertz CT molecular complexity index is 1140. The summed E-state index contributed by atoms with van der Waals surface area (Å²) in [7, 11) is 0. The van der Waals surface area contributed by atoms with Gasteiger partial charge in [0.2, 0.25) is 5.91 Å². The van der Waals surface area contributed by atoms with E-state index in [1.807, 2.05) is 0 Å². The number of alkyl halides is 6. The number of hydrogen-bond acceptors (Lipinski definition) is 3. The topological polar surface area (TPSA) is 64.7 Å². The number of anilines is 1. The maximum Gasteiger partial charge on any atom is 0.435 e. The van der Waals surface area contributed by atoms with Gasteiger partial charge in [-0.3, -0.25) is 14.2 Å². The summed E-state index contributed by atoms with van der Waals surface area (Å²) in [5, 5.41) is 10.3. The molecule has 0 saturated carbocycles. The molecule has 0 spiro atoms. The number of carbonyl (C=O) groups is 1. The fourth-order valence-corrected chi connectivity index (χ4v) is 3.17. The van der Waals surface area contributed by atoms with Crippen LogP contribution in [0.1, 0.15) is 33.9 Å². The molecule has 0 aliphatic carbocycles. The lowest BCUT2D eigenvalue weighted by atomic mass is 10.1. The Balaban J connectivity index is 1.76. The lowest BCUT2D eigenvalue weighted by Gasteiger charge is -2.10. The monoisotopic (exact) mass is 459 g/mol. The summed E-state index contributed by atoms with van der Waals surface area (Å²) in [6.07, 6.45) is -9.09. The van der Waals surface area contributed by atoms with Gasteiger partial charge in [-0.2, -0.15) is 36.5 Å². The summed E-state index contributed by atoms with van der Waals surface area (Å²) in [6.45, 7) is 4.23. The second-order valence-corrected chi connectivity index (χ2v) is 7.28. The van der Waals surface area contributed by atoms with E-state index in [9.17, 15) is 31.1 Å². The fraction of sp³-hybridized carbons (Fsp3) is 0.350. The van der Waals surface area contributed by atoms with Crippen molar-refractivity contribution in [2.24, 2.45) is 0 Å². The molecule has 1 aromatic carbocycles. The fourth-order valence-electron chi connectivity index (χ4n) is 3.17. The van der Waals surface area contributed by atoms with Gasteiger partial charge >= 0.3 is 12.4 Å². The number of nitrogens with one attached hydrogen (secondary N) is 1. The number of halogens is 6. The first-order chi connectivity index (χ1) is 14.8. The third kappa shape index (κ3) is 5.11. The van der Waals surface area contributed by atoms with Crippen LogP contribution in [0.4, 0.5) is 32.0 Å². The van der Waals surface area contributed by atoms with Crippen molar-refractivity contribution in [1.29, 1.82) is 0 Å². The van der Waals surface area contributed by atoms with Crippen LogP contribution in [0.2, 0.25) is 0 Å². The number of aryl methyl sites for hydroxylation is 2. The van der Waals surface area contributed by atoms with Crippen molar-refractivity contribution in [2.45, 2.75) is 46.2 Å². The largest absolute Gasteiger partial charge is 0.435 e. The van der Waals surface area contributed by atoms with E-state index in [0.29, 0.717) is 22.6 Å². The highest BCUT2D eigenvalue weighted by Gasteiger charge is 2.34. The second-order valence-electron chi connectivity index (χ2n) is 7.28. The van der Waals surface area contributed by atoms with Gasteiger partial charge in [0.1, 0.15) is 6.54 Å². The lowest BCUT2D eigenvalue weighted by Crippen LogP contribution is -2.21. The van der Waals surface area contributed by atoms with Crippen molar-refractivity contribution in [1.82, 2.24) is 19.6 Å². The molecule has 6 nitrogen and oxygen atoms in total. The summed E-state index contributed by atoms with van der Waals surface area (Å²) in [6, 6.07) is 5.67. The maximum atomic E-state index is 12.9. The number of hydrogen-bond donors (Lipinski definition) is 1. The molecule has 0 fully saturated rings. The molecular formula is C20H19F6N5O. The molecule has 1 amide bonds. The molecule has 2 heterocycles. The van der Waals surface area contributed by atoms with E-state index in [0.717, 1.165) is 22.9 Å². The van der Waals surface area contributed by atoms with Crippen molar-refractivity contribution in [3.05, 3.63) is 64.2 Å². The second kappa shape index (κ2) is 8.32. The molecular weight excluding hydrogens is 440 g/mol. The van der Waals surface area contributed by atoms with Gasteiger partial charge in [0, 0.05) is 5.69 Å². The van der Waals surface area contributed by atoms with Gasteiger partial charge in [0.25, 0.3) is 0 Å². The van der Waals surface area contributed by atoms with Crippen LogP contribution >= 0.6 is 0 Å². The zero-order valence-electron chi connectivity index (χ0n) is 17.3. The number of amides is 1. The standard InChI is InChI=1S/C20H19F6N5O/c1-11-7-16(20(24,25)26)29-30(11)10-17(32)27-18-12(2)28-31(13(18)3)9-14-5-4-6-15(8-14)19(21,22)23/h4-8H,9-10H2,1-3H3,(H,27,32). The highest BCUT2D eigenvalue weighted by molar-refractivity contribution is 5.91. The molecule has 0 atom stereocenters. The van der Waals surface area contributed by atoms with Gasteiger partial charge in [0.15, 0.2) is 5.69 Å². The first-order valence-corrected chi connectivity index (χ1v) is 9.37. The van der Waals surface area contributed by atoms with Crippen molar-refractivity contribution >= 4 is 11.6 Å². The third-order valence-electron chi connectivity index (χ3n) is 4.80. The summed E-state index contributed by atoms with van der Waals surface area (Å²) < 4.78 is 79.6. The normalized spacial score (nSPS) is 12.3. The Morgan fingerprint density at radius 2 is 1.66 bits per heavy atom. The molecule has 1 N–H and O–H groups in total. The van der Waals surface area contributed by atoms with Crippen LogP contribution in [0.25, 0.3) is 0 Å². The Morgan fingerprint density at radius 1 is 0.969 bits per heavy atom. The minimum atomic E-state index is -4.62. The number of carbonyl (C=O) groups excluding carboxylic acids is 1. The number of nitrogens with zero attached hydrogens (tertiary/aromatic N) is 4. The number of aromatic nitrogens is 4. The van der Waals surface area contributed by atoms with Gasteiger partial charge in [0.05, 0.1) is 29.2 Å². The Labute approximate surface area is 178 Å². The molecule has 0 unspecified atom stereocenters. The Kier molecular flexibility index (Phi) is 6.07. The zero-order chi connectivity index (χ0) is 23.8. The van der Waals surface area contributed by atoms with E-state index in [2.05, 4.69) is 15.5 Å². The van der Waals surface area contributed by atoms with Crippen LogP contribution in [0.3, 0.4) is 0 Å². The smallest absolute Gasteiger partial charge is 0.321 e. The molecule has 172 valence electrons. The number of benzene rings is 1. The van der Waals surface area contributed by atoms with Gasteiger partial charge in [-0.05, 0) is 44.5 Å². The van der Waals surface area contributed by atoms with Crippen LogP contribution in [0.5, 0.6) is 0 Å². The summed E-state index contributed by atoms with van der Waals surface area (Å²) >= 11 is 0. The lowest BCUT2D eigenvalue weighted by molar-refractivity contribution is -0.141. The predicted octanol–water partition coefficient (Wildman–Crippen LogP) is 4.73. The van der Waals surface area contributed by atoms with E-state index >= 15 is 0 Å². The van der Waals surface area contributed by atoms with Crippen LogP contribution in [-0.2, 0) is 30.2 Å².